The van der Waals surface area contributed by atoms with Crippen LogP contribution in [0.1, 0.15) is 68.1 Å². The highest BCUT2D eigenvalue weighted by molar-refractivity contribution is 5.91. The highest BCUT2D eigenvalue weighted by Gasteiger charge is 2.13. The summed E-state index contributed by atoms with van der Waals surface area (Å²) >= 11 is 0. The van der Waals surface area contributed by atoms with Crippen LogP contribution in [0.3, 0.4) is 0 Å². The minimum absolute atomic E-state index is 0.0365. The summed E-state index contributed by atoms with van der Waals surface area (Å²) in [5, 5.41) is 0. The number of carbonyl (C=O) groups excluding carboxylic acids is 1. The molecule has 0 saturated carbocycles. The largest absolute Gasteiger partial charge is 0.494 e. The molecule has 0 bridgehead atoms. The standard InChI is InChI=1S/C26H34O5/c27-26(31-24-12-6-5-7-13-24)22-15-17-23(18-16-22)28-19-9-3-1-2-4-10-20-29-25-14-8-11-21-30-25/h5-7,12-13,15-18,25H,1-4,8-11,14,19-21H2. The number of benzene rings is 2. The second kappa shape index (κ2) is 13.8. The smallest absolute Gasteiger partial charge is 0.343 e. The van der Waals surface area contributed by atoms with Gasteiger partial charge in [0.25, 0.3) is 0 Å². The van der Waals surface area contributed by atoms with Gasteiger partial charge in [-0.25, -0.2) is 4.79 Å². The minimum atomic E-state index is -0.366. The fourth-order valence-corrected chi connectivity index (χ4v) is 3.50. The van der Waals surface area contributed by atoms with Crippen molar-refractivity contribution in [3.8, 4) is 11.5 Å². The minimum Gasteiger partial charge on any atom is -0.494 e. The first-order valence-corrected chi connectivity index (χ1v) is 11.5. The van der Waals surface area contributed by atoms with Crippen LogP contribution in [0.5, 0.6) is 11.5 Å². The van der Waals surface area contributed by atoms with E-state index in [0.717, 1.165) is 51.1 Å². The van der Waals surface area contributed by atoms with Gasteiger partial charge in [-0.15, -0.1) is 0 Å². The van der Waals surface area contributed by atoms with Crippen LogP contribution in [0.25, 0.3) is 0 Å². The molecule has 1 fully saturated rings. The van der Waals surface area contributed by atoms with Gasteiger partial charge in [0.15, 0.2) is 6.29 Å². The van der Waals surface area contributed by atoms with Gasteiger partial charge in [0.05, 0.1) is 12.2 Å². The molecule has 0 N–H and O–H groups in total. The average Bonchev–Trinajstić information content (AvgIpc) is 2.82. The van der Waals surface area contributed by atoms with Crippen molar-refractivity contribution in [1.82, 2.24) is 0 Å². The predicted octanol–water partition coefficient (Wildman–Crippen LogP) is 6.17. The molecule has 2 aromatic carbocycles. The summed E-state index contributed by atoms with van der Waals surface area (Å²) < 4.78 is 22.5. The number of hydrogen-bond acceptors (Lipinski definition) is 5. The maximum Gasteiger partial charge on any atom is 0.343 e. The van der Waals surface area contributed by atoms with E-state index < -0.39 is 0 Å². The number of para-hydroxylation sites is 1. The van der Waals surface area contributed by atoms with E-state index in [1.165, 1.54) is 25.7 Å². The molecular weight excluding hydrogens is 392 g/mol. The summed E-state index contributed by atoms with van der Waals surface area (Å²) in [6.45, 7) is 2.34. The van der Waals surface area contributed by atoms with E-state index in [-0.39, 0.29) is 12.3 Å². The van der Waals surface area contributed by atoms with E-state index in [9.17, 15) is 4.79 Å². The zero-order chi connectivity index (χ0) is 21.6. The summed E-state index contributed by atoms with van der Waals surface area (Å²) in [7, 11) is 0. The van der Waals surface area contributed by atoms with Gasteiger partial charge in [-0.2, -0.15) is 0 Å². The van der Waals surface area contributed by atoms with Crippen molar-refractivity contribution in [2.45, 2.75) is 64.1 Å². The molecule has 5 heteroatoms. The maximum atomic E-state index is 12.2. The predicted molar refractivity (Wildman–Crippen MR) is 121 cm³/mol. The van der Waals surface area contributed by atoms with Crippen molar-refractivity contribution in [2.24, 2.45) is 0 Å². The molecule has 0 amide bonds. The highest BCUT2D eigenvalue weighted by Crippen LogP contribution is 2.17. The Morgan fingerprint density at radius 1 is 0.806 bits per heavy atom. The topological polar surface area (TPSA) is 54.0 Å². The third-order valence-corrected chi connectivity index (χ3v) is 5.29. The lowest BCUT2D eigenvalue weighted by Gasteiger charge is -2.22. The fourth-order valence-electron chi connectivity index (χ4n) is 3.50. The van der Waals surface area contributed by atoms with Crippen LogP contribution in [0.2, 0.25) is 0 Å². The Labute approximate surface area is 185 Å². The second-order valence-corrected chi connectivity index (χ2v) is 7.86. The lowest BCUT2D eigenvalue weighted by Crippen LogP contribution is -2.22. The van der Waals surface area contributed by atoms with Gasteiger partial charge in [0.1, 0.15) is 11.5 Å². The van der Waals surface area contributed by atoms with Crippen molar-refractivity contribution >= 4 is 5.97 Å². The van der Waals surface area contributed by atoms with Crippen molar-refractivity contribution in [3.05, 3.63) is 60.2 Å². The van der Waals surface area contributed by atoms with E-state index in [4.69, 9.17) is 18.9 Å². The van der Waals surface area contributed by atoms with E-state index in [2.05, 4.69) is 0 Å². The zero-order valence-electron chi connectivity index (χ0n) is 18.3. The molecule has 168 valence electrons. The van der Waals surface area contributed by atoms with E-state index in [1.807, 2.05) is 30.3 Å². The van der Waals surface area contributed by atoms with Gasteiger partial charge < -0.3 is 18.9 Å². The van der Waals surface area contributed by atoms with Crippen LogP contribution in [0, 0.1) is 0 Å². The van der Waals surface area contributed by atoms with Gasteiger partial charge in [-0.3, -0.25) is 0 Å². The molecule has 1 aliphatic rings. The zero-order valence-corrected chi connectivity index (χ0v) is 18.3. The Morgan fingerprint density at radius 2 is 1.52 bits per heavy atom. The third-order valence-electron chi connectivity index (χ3n) is 5.29. The Hall–Kier alpha value is -2.37. The van der Waals surface area contributed by atoms with Crippen LogP contribution in [-0.2, 0) is 9.47 Å². The van der Waals surface area contributed by atoms with E-state index in [0.29, 0.717) is 17.9 Å². The molecule has 0 aromatic heterocycles. The third kappa shape index (κ3) is 9.11. The molecule has 1 saturated heterocycles. The molecule has 0 radical (unpaired) electrons. The molecule has 2 aromatic rings. The monoisotopic (exact) mass is 426 g/mol. The Morgan fingerprint density at radius 3 is 2.23 bits per heavy atom. The SMILES string of the molecule is O=C(Oc1ccccc1)c1ccc(OCCCCCCCCOC2CCCCO2)cc1. The molecule has 1 unspecified atom stereocenters. The van der Waals surface area contributed by atoms with Gasteiger partial charge in [-0.1, -0.05) is 43.9 Å². The Balaban J connectivity index is 1.19. The van der Waals surface area contributed by atoms with Crippen molar-refractivity contribution in [1.29, 1.82) is 0 Å². The first-order valence-electron chi connectivity index (χ1n) is 11.5. The second-order valence-electron chi connectivity index (χ2n) is 7.86. The molecule has 1 heterocycles. The van der Waals surface area contributed by atoms with Crippen LogP contribution in [0.4, 0.5) is 0 Å². The molecule has 1 aliphatic heterocycles. The van der Waals surface area contributed by atoms with Gasteiger partial charge in [0.2, 0.25) is 0 Å². The fraction of sp³-hybridized carbons (Fsp3) is 0.500. The number of hydrogen-bond donors (Lipinski definition) is 0. The molecule has 3 rings (SSSR count). The summed E-state index contributed by atoms with van der Waals surface area (Å²) in [6.07, 6.45) is 10.4. The summed E-state index contributed by atoms with van der Waals surface area (Å²) in [6, 6.07) is 16.2. The first kappa shape index (κ1) is 23.3. The van der Waals surface area contributed by atoms with Crippen LogP contribution in [-0.4, -0.2) is 32.1 Å². The number of rotatable bonds is 13. The van der Waals surface area contributed by atoms with Gasteiger partial charge >= 0.3 is 5.97 Å². The maximum absolute atomic E-state index is 12.2. The lowest BCUT2D eigenvalue weighted by molar-refractivity contribution is -0.162. The quantitative estimate of drug-likeness (QED) is 0.218. The summed E-state index contributed by atoms with van der Waals surface area (Å²) in [4.78, 5) is 12.2. The first-order chi connectivity index (χ1) is 15.3. The van der Waals surface area contributed by atoms with Crippen molar-refractivity contribution < 1.29 is 23.7 Å². The van der Waals surface area contributed by atoms with Crippen LogP contribution >= 0.6 is 0 Å². The molecule has 5 nitrogen and oxygen atoms in total. The van der Waals surface area contributed by atoms with Crippen molar-refractivity contribution in [3.63, 3.8) is 0 Å². The number of unbranched alkanes of at least 4 members (excludes halogenated alkanes) is 5. The highest BCUT2D eigenvalue weighted by atomic mass is 16.7. The van der Waals surface area contributed by atoms with Gasteiger partial charge in [0, 0.05) is 13.2 Å². The summed E-state index contributed by atoms with van der Waals surface area (Å²) in [5.41, 5.74) is 0.509. The number of carbonyl (C=O) groups is 1. The molecule has 0 spiro atoms. The van der Waals surface area contributed by atoms with E-state index >= 15 is 0 Å². The molecule has 0 aliphatic carbocycles. The summed E-state index contributed by atoms with van der Waals surface area (Å²) in [5.74, 6) is 0.950. The van der Waals surface area contributed by atoms with Crippen molar-refractivity contribution in [2.75, 3.05) is 19.8 Å². The van der Waals surface area contributed by atoms with Crippen LogP contribution < -0.4 is 9.47 Å². The number of ether oxygens (including phenoxy) is 4. The Bertz CT molecular complexity index is 738. The normalized spacial score (nSPS) is 16.1. The number of esters is 1. The molecular formula is C26H34O5. The van der Waals surface area contributed by atoms with E-state index in [1.54, 1.807) is 24.3 Å². The van der Waals surface area contributed by atoms with Gasteiger partial charge in [-0.05, 0) is 68.5 Å². The Kier molecular flexibility index (Phi) is 10.4. The molecule has 1 atom stereocenters. The average molecular weight is 427 g/mol. The lowest BCUT2D eigenvalue weighted by atomic mass is 10.1. The molecule has 31 heavy (non-hydrogen) atoms. The van der Waals surface area contributed by atoms with Crippen LogP contribution in [0.15, 0.2) is 54.6 Å².